The third-order valence-corrected chi connectivity index (χ3v) is 5.93. The van der Waals surface area contributed by atoms with Crippen molar-refractivity contribution in [3.63, 3.8) is 0 Å². The van der Waals surface area contributed by atoms with Crippen LogP contribution in [0.15, 0.2) is 18.2 Å². The number of hydrogen-bond acceptors (Lipinski definition) is 5. The number of aromatic nitrogens is 1. The Labute approximate surface area is 143 Å². The highest BCUT2D eigenvalue weighted by Crippen LogP contribution is 2.50. The number of nitrogens with zero attached hydrogens (tertiary/aromatic N) is 2. The molecule has 0 bridgehead atoms. The summed E-state index contributed by atoms with van der Waals surface area (Å²) in [5.74, 6) is 1.67. The number of carbonyl (C=O) groups excluding carboxylic acids is 1. The van der Waals surface area contributed by atoms with Crippen molar-refractivity contribution in [2.75, 3.05) is 31.5 Å². The van der Waals surface area contributed by atoms with Crippen molar-refractivity contribution in [1.29, 1.82) is 0 Å². The standard InChI is InChI=1S/C19H27N3O2/c1-14-4-2-5-17(21-14)20-11-15-6-9-22(12-15)13-16-10-19(7-3-8-19)18(23)24-16/h2,4-5,15-16H,3,6-13H2,1H3,(H,20,21)/t15-,16-/m1/s1. The molecule has 3 heterocycles. The summed E-state index contributed by atoms with van der Waals surface area (Å²) in [4.78, 5) is 19.0. The van der Waals surface area contributed by atoms with Gasteiger partial charge in [-0.3, -0.25) is 9.69 Å². The van der Waals surface area contributed by atoms with E-state index in [9.17, 15) is 4.79 Å². The lowest BCUT2D eigenvalue weighted by Gasteiger charge is -2.33. The number of cyclic esters (lactones) is 1. The molecule has 1 aliphatic carbocycles. The highest BCUT2D eigenvalue weighted by atomic mass is 16.6. The number of pyridine rings is 1. The van der Waals surface area contributed by atoms with Gasteiger partial charge in [0.2, 0.25) is 0 Å². The van der Waals surface area contributed by atoms with E-state index in [2.05, 4.69) is 15.2 Å². The number of hydrogen-bond donors (Lipinski definition) is 1. The Kier molecular flexibility index (Phi) is 4.21. The SMILES string of the molecule is Cc1cccc(NC[C@H]2CCN(C[C@H]3CC4(CCC4)C(=O)O3)C2)n1. The topological polar surface area (TPSA) is 54.5 Å². The molecular weight excluding hydrogens is 302 g/mol. The molecule has 3 aliphatic rings. The Hall–Kier alpha value is -1.62. The lowest BCUT2D eigenvalue weighted by molar-refractivity contribution is -0.152. The molecule has 4 rings (SSSR count). The summed E-state index contributed by atoms with van der Waals surface area (Å²) in [5, 5.41) is 3.46. The Balaban J connectivity index is 1.23. The molecule has 1 spiro atoms. The zero-order valence-corrected chi connectivity index (χ0v) is 14.5. The molecule has 1 aromatic rings. The molecule has 24 heavy (non-hydrogen) atoms. The van der Waals surface area contributed by atoms with Gasteiger partial charge >= 0.3 is 5.97 Å². The van der Waals surface area contributed by atoms with Crippen LogP contribution in [0.2, 0.25) is 0 Å². The highest BCUT2D eigenvalue weighted by Gasteiger charge is 2.53. The maximum absolute atomic E-state index is 12.1. The van der Waals surface area contributed by atoms with Crippen molar-refractivity contribution in [3.8, 4) is 0 Å². The molecule has 1 aromatic heterocycles. The van der Waals surface area contributed by atoms with Crippen LogP contribution >= 0.6 is 0 Å². The molecule has 2 atom stereocenters. The van der Waals surface area contributed by atoms with Gasteiger partial charge in [0.25, 0.3) is 0 Å². The Bertz CT molecular complexity index is 614. The molecular formula is C19H27N3O2. The quantitative estimate of drug-likeness (QED) is 0.842. The second-order valence-corrected chi connectivity index (χ2v) is 7.82. The Morgan fingerprint density at radius 3 is 3.00 bits per heavy atom. The maximum atomic E-state index is 12.1. The number of likely N-dealkylation sites (tertiary alicyclic amines) is 1. The van der Waals surface area contributed by atoms with Gasteiger partial charge in [0.15, 0.2) is 0 Å². The summed E-state index contributed by atoms with van der Waals surface area (Å²) in [5.41, 5.74) is 0.948. The molecule has 5 heteroatoms. The summed E-state index contributed by atoms with van der Waals surface area (Å²) in [6.07, 6.45) is 5.52. The van der Waals surface area contributed by atoms with Crippen molar-refractivity contribution in [3.05, 3.63) is 23.9 Å². The van der Waals surface area contributed by atoms with Gasteiger partial charge in [-0.25, -0.2) is 4.98 Å². The summed E-state index contributed by atoms with van der Waals surface area (Å²) < 4.78 is 5.65. The predicted molar refractivity (Wildman–Crippen MR) is 92.8 cm³/mol. The van der Waals surface area contributed by atoms with E-state index >= 15 is 0 Å². The van der Waals surface area contributed by atoms with Gasteiger partial charge in [-0.15, -0.1) is 0 Å². The van der Waals surface area contributed by atoms with E-state index in [1.54, 1.807) is 0 Å². The minimum Gasteiger partial charge on any atom is -0.461 e. The van der Waals surface area contributed by atoms with Crippen LogP contribution in [0, 0.1) is 18.3 Å². The lowest BCUT2D eigenvalue weighted by Crippen LogP contribution is -2.34. The largest absolute Gasteiger partial charge is 0.461 e. The molecule has 0 aromatic carbocycles. The van der Waals surface area contributed by atoms with E-state index in [1.165, 1.54) is 12.8 Å². The smallest absolute Gasteiger partial charge is 0.312 e. The minimum atomic E-state index is -0.0951. The summed E-state index contributed by atoms with van der Waals surface area (Å²) in [7, 11) is 0. The van der Waals surface area contributed by atoms with Crippen molar-refractivity contribution < 1.29 is 9.53 Å². The average molecular weight is 329 g/mol. The zero-order valence-electron chi connectivity index (χ0n) is 14.5. The fourth-order valence-corrected chi connectivity index (χ4v) is 4.37. The number of aryl methyl sites for hydroxylation is 1. The number of esters is 1. The zero-order chi connectivity index (χ0) is 16.6. The lowest BCUT2D eigenvalue weighted by atomic mass is 9.67. The van der Waals surface area contributed by atoms with Gasteiger partial charge in [0.05, 0.1) is 5.41 Å². The van der Waals surface area contributed by atoms with Crippen LogP contribution in [0.3, 0.4) is 0 Å². The van der Waals surface area contributed by atoms with Crippen LogP contribution in [0.4, 0.5) is 5.82 Å². The van der Waals surface area contributed by atoms with E-state index in [0.717, 1.165) is 57.0 Å². The van der Waals surface area contributed by atoms with Crippen LogP contribution in [-0.2, 0) is 9.53 Å². The van der Waals surface area contributed by atoms with Gasteiger partial charge in [0.1, 0.15) is 11.9 Å². The van der Waals surface area contributed by atoms with Gasteiger partial charge in [-0.2, -0.15) is 0 Å². The van der Waals surface area contributed by atoms with Crippen molar-refractivity contribution in [2.45, 2.75) is 45.1 Å². The first kappa shape index (κ1) is 15.9. The number of anilines is 1. The van der Waals surface area contributed by atoms with Crippen LogP contribution in [0.25, 0.3) is 0 Å². The number of ether oxygens (including phenoxy) is 1. The third-order valence-electron chi connectivity index (χ3n) is 5.93. The molecule has 2 saturated heterocycles. The van der Waals surface area contributed by atoms with E-state index in [1.807, 2.05) is 25.1 Å². The molecule has 3 fully saturated rings. The van der Waals surface area contributed by atoms with Crippen molar-refractivity contribution in [1.82, 2.24) is 9.88 Å². The maximum Gasteiger partial charge on any atom is 0.312 e. The summed E-state index contributed by atoms with van der Waals surface area (Å²) >= 11 is 0. The molecule has 0 radical (unpaired) electrons. The summed E-state index contributed by atoms with van der Waals surface area (Å²) in [6, 6.07) is 6.08. The molecule has 1 N–H and O–H groups in total. The number of nitrogens with one attached hydrogen (secondary N) is 1. The second-order valence-electron chi connectivity index (χ2n) is 7.82. The van der Waals surface area contributed by atoms with Gasteiger partial charge < -0.3 is 10.1 Å². The third kappa shape index (κ3) is 3.14. The Morgan fingerprint density at radius 2 is 2.29 bits per heavy atom. The predicted octanol–water partition coefficient (Wildman–Crippen LogP) is 2.61. The van der Waals surface area contributed by atoms with Gasteiger partial charge in [0, 0.05) is 31.7 Å². The van der Waals surface area contributed by atoms with Crippen LogP contribution < -0.4 is 5.32 Å². The second kappa shape index (κ2) is 6.36. The fraction of sp³-hybridized carbons (Fsp3) is 0.684. The van der Waals surface area contributed by atoms with Crippen LogP contribution in [0.1, 0.15) is 37.8 Å². The minimum absolute atomic E-state index is 0.0710. The van der Waals surface area contributed by atoms with E-state index in [0.29, 0.717) is 5.92 Å². The first-order valence-electron chi connectivity index (χ1n) is 9.24. The molecule has 130 valence electrons. The molecule has 0 unspecified atom stereocenters. The average Bonchev–Trinajstić information content (AvgIpc) is 3.09. The molecule has 2 aliphatic heterocycles. The van der Waals surface area contributed by atoms with Gasteiger partial charge in [-0.1, -0.05) is 12.5 Å². The normalized spacial score (nSPS) is 28.8. The molecule has 1 saturated carbocycles. The van der Waals surface area contributed by atoms with Crippen LogP contribution in [-0.4, -0.2) is 48.1 Å². The fourth-order valence-electron chi connectivity index (χ4n) is 4.37. The number of carbonyl (C=O) groups is 1. The highest BCUT2D eigenvalue weighted by molar-refractivity contribution is 5.80. The molecule has 0 amide bonds. The Morgan fingerprint density at radius 1 is 1.42 bits per heavy atom. The summed E-state index contributed by atoms with van der Waals surface area (Å²) in [6.45, 7) is 6.07. The number of rotatable bonds is 5. The first-order valence-corrected chi connectivity index (χ1v) is 9.24. The van der Waals surface area contributed by atoms with E-state index < -0.39 is 0 Å². The van der Waals surface area contributed by atoms with Crippen LogP contribution in [0.5, 0.6) is 0 Å². The molecule has 5 nitrogen and oxygen atoms in total. The first-order chi connectivity index (χ1) is 11.6. The van der Waals surface area contributed by atoms with E-state index in [4.69, 9.17) is 4.74 Å². The van der Waals surface area contributed by atoms with Crippen molar-refractivity contribution in [2.24, 2.45) is 11.3 Å². The van der Waals surface area contributed by atoms with E-state index in [-0.39, 0.29) is 17.5 Å². The van der Waals surface area contributed by atoms with Gasteiger partial charge in [-0.05, 0) is 50.8 Å². The monoisotopic (exact) mass is 329 g/mol. The van der Waals surface area contributed by atoms with Crippen molar-refractivity contribution >= 4 is 11.8 Å².